The van der Waals surface area contributed by atoms with E-state index in [1.807, 2.05) is 4.90 Å². The molecule has 2 aromatic rings. The second-order valence-electron chi connectivity index (χ2n) is 10.3. The third kappa shape index (κ3) is 4.39. The van der Waals surface area contributed by atoms with Gasteiger partial charge in [0.05, 0.1) is 50.8 Å². The Hall–Kier alpha value is -4.02. The largest absolute Gasteiger partial charge is 0.492 e. The Kier molecular flexibility index (Phi) is 6.15. The van der Waals surface area contributed by atoms with Gasteiger partial charge in [0.1, 0.15) is 12.4 Å². The van der Waals surface area contributed by atoms with Crippen LogP contribution in [0.3, 0.4) is 0 Å². The highest BCUT2D eigenvalue weighted by atomic mass is 19.4. The van der Waals surface area contributed by atoms with E-state index in [-0.39, 0.29) is 31.1 Å². The summed E-state index contributed by atoms with van der Waals surface area (Å²) in [6, 6.07) is 9.95. The van der Waals surface area contributed by atoms with Crippen LogP contribution in [0.25, 0.3) is 0 Å². The lowest BCUT2D eigenvalue weighted by atomic mass is 9.79. The normalized spacial score (nSPS) is 28.4. The molecule has 3 aliphatic rings. The minimum absolute atomic E-state index is 0.0569. The maximum Gasteiger partial charge on any atom is 0.417 e. The van der Waals surface area contributed by atoms with Crippen LogP contribution < -0.4 is 9.64 Å². The molecule has 4 atom stereocenters. The van der Waals surface area contributed by atoms with Crippen LogP contribution in [-0.2, 0) is 20.5 Å². The standard InChI is InChI=1S/C26H23F3N4O6/c1-24-13-31(9-10-38-18-7-5-16(6-8-18)33(36)37)14-25(2,39-24)21-20(24)22(34)32(23(21)35)17-4-3-15(12-30)19(11-17)26(27,28)29/h3-8,11,20-21H,9-10,13-14H2,1-2H3. The zero-order valence-electron chi connectivity index (χ0n) is 20.9. The van der Waals surface area contributed by atoms with Crippen molar-refractivity contribution in [2.75, 3.05) is 31.1 Å². The molecule has 3 saturated heterocycles. The van der Waals surface area contributed by atoms with Gasteiger partial charge in [0.15, 0.2) is 0 Å². The number of alkyl halides is 3. The molecule has 0 aromatic heterocycles. The Morgan fingerprint density at radius 2 is 1.69 bits per heavy atom. The predicted molar refractivity (Wildman–Crippen MR) is 129 cm³/mol. The quantitative estimate of drug-likeness (QED) is 0.307. The fourth-order valence-corrected chi connectivity index (χ4v) is 6.14. The highest BCUT2D eigenvalue weighted by molar-refractivity contribution is 6.23. The number of nitro benzene ring substituents is 1. The number of nitro groups is 1. The minimum atomic E-state index is -4.84. The summed E-state index contributed by atoms with van der Waals surface area (Å²) in [6.07, 6.45) is -4.84. The van der Waals surface area contributed by atoms with E-state index in [1.54, 1.807) is 13.8 Å². The zero-order valence-corrected chi connectivity index (χ0v) is 20.9. The van der Waals surface area contributed by atoms with Crippen molar-refractivity contribution in [1.82, 2.24) is 4.90 Å². The Balaban J connectivity index is 1.33. The van der Waals surface area contributed by atoms with Gasteiger partial charge in [-0.3, -0.25) is 24.6 Å². The number of carbonyl (C=O) groups excluding carboxylic acids is 2. The maximum atomic E-state index is 13.6. The molecule has 3 aliphatic heterocycles. The third-order valence-electron chi connectivity index (χ3n) is 7.57. The molecule has 10 nitrogen and oxygen atoms in total. The van der Waals surface area contributed by atoms with Gasteiger partial charge in [-0.05, 0) is 44.2 Å². The molecule has 0 radical (unpaired) electrons. The molecule has 13 heteroatoms. The smallest absolute Gasteiger partial charge is 0.417 e. The molecule has 0 saturated carbocycles. The predicted octanol–water partition coefficient (Wildman–Crippen LogP) is 3.53. The molecule has 5 rings (SSSR count). The number of morpholine rings is 1. The number of carbonyl (C=O) groups is 2. The van der Waals surface area contributed by atoms with Crippen molar-refractivity contribution >= 4 is 23.2 Å². The average molecular weight is 544 g/mol. The summed E-state index contributed by atoms with van der Waals surface area (Å²) in [7, 11) is 0. The average Bonchev–Trinajstić information content (AvgIpc) is 3.23. The number of hydrogen-bond acceptors (Lipinski definition) is 8. The van der Waals surface area contributed by atoms with E-state index in [1.165, 1.54) is 36.4 Å². The van der Waals surface area contributed by atoms with Crippen molar-refractivity contribution in [2.45, 2.75) is 31.2 Å². The first kappa shape index (κ1) is 26.6. The molecule has 0 spiro atoms. The van der Waals surface area contributed by atoms with Gasteiger partial charge in [0, 0.05) is 31.8 Å². The molecule has 2 bridgehead atoms. The number of nitriles is 1. The van der Waals surface area contributed by atoms with E-state index >= 15 is 0 Å². The van der Waals surface area contributed by atoms with Gasteiger partial charge < -0.3 is 9.47 Å². The Bertz CT molecular complexity index is 1370. The van der Waals surface area contributed by atoms with Gasteiger partial charge in [0.25, 0.3) is 5.69 Å². The molecule has 2 amide bonds. The highest BCUT2D eigenvalue weighted by Crippen LogP contribution is 2.55. The van der Waals surface area contributed by atoms with Crippen LogP contribution in [-0.4, -0.2) is 59.1 Å². The lowest BCUT2D eigenvalue weighted by Crippen LogP contribution is -2.58. The summed E-state index contributed by atoms with van der Waals surface area (Å²) in [5, 5.41) is 19.9. The van der Waals surface area contributed by atoms with Crippen LogP contribution in [0.1, 0.15) is 25.0 Å². The Morgan fingerprint density at radius 3 is 2.21 bits per heavy atom. The van der Waals surface area contributed by atoms with Crippen molar-refractivity contribution in [3.05, 3.63) is 63.7 Å². The molecule has 3 fully saturated rings. The summed E-state index contributed by atoms with van der Waals surface area (Å²) in [6.45, 7) is 4.64. The number of nitrogens with zero attached hydrogens (tertiary/aromatic N) is 4. The molecule has 39 heavy (non-hydrogen) atoms. The van der Waals surface area contributed by atoms with Crippen LogP contribution in [0.2, 0.25) is 0 Å². The van der Waals surface area contributed by atoms with Crippen LogP contribution in [0.5, 0.6) is 5.75 Å². The molecule has 0 aliphatic carbocycles. The van der Waals surface area contributed by atoms with Crippen LogP contribution in [0.15, 0.2) is 42.5 Å². The molecular weight excluding hydrogens is 521 g/mol. The van der Waals surface area contributed by atoms with E-state index < -0.39 is 57.1 Å². The third-order valence-corrected chi connectivity index (χ3v) is 7.57. The number of anilines is 1. The first-order valence-electron chi connectivity index (χ1n) is 12.1. The van der Waals surface area contributed by atoms with Crippen LogP contribution in [0.4, 0.5) is 24.5 Å². The van der Waals surface area contributed by atoms with Gasteiger partial charge in [-0.1, -0.05) is 0 Å². The van der Waals surface area contributed by atoms with Crippen molar-refractivity contribution in [3.63, 3.8) is 0 Å². The van der Waals surface area contributed by atoms with E-state index in [4.69, 9.17) is 14.7 Å². The Morgan fingerprint density at radius 1 is 1.10 bits per heavy atom. The van der Waals surface area contributed by atoms with Gasteiger partial charge in [0.2, 0.25) is 11.8 Å². The summed E-state index contributed by atoms with van der Waals surface area (Å²) in [5.41, 5.74) is -4.26. The summed E-state index contributed by atoms with van der Waals surface area (Å²) in [5.74, 6) is -2.63. The number of imide groups is 1. The second kappa shape index (κ2) is 9.03. The number of likely N-dealkylation sites (tertiary alicyclic amines) is 1. The lowest BCUT2D eigenvalue weighted by Gasteiger charge is -2.45. The number of fused-ring (bicyclic) bond motifs is 5. The summed E-state index contributed by atoms with van der Waals surface area (Å²) >= 11 is 0. The number of non-ortho nitro benzene ring substituents is 1. The number of amides is 2. The van der Waals surface area contributed by atoms with Gasteiger partial charge in [-0.25, -0.2) is 4.90 Å². The van der Waals surface area contributed by atoms with Crippen molar-refractivity contribution in [1.29, 1.82) is 5.26 Å². The second-order valence-corrected chi connectivity index (χ2v) is 10.3. The SMILES string of the molecule is CC12CN(CCOc3ccc([N+](=O)[O-])cc3)CC(C)(O1)C1C(=O)N(c3ccc(C#N)c(C(F)(F)F)c3)C(=O)C12. The van der Waals surface area contributed by atoms with E-state index in [0.29, 0.717) is 18.4 Å². The van der Waals surface area contributed by atoms with Crippen LogP contribution in [0, 0.1) is 33.3 Å². The monoisotopic (exact) mass is 544 g/mol. The minimum Gasteiger partial charge on any atom is -0.492 e. The molecule has 4 unspecified atom stereocenters. The first-order valence-corrected chi connectivity index (χ1v) is 12.1. The maximum absolute atomic E-state index is 13.6. The molecule has 3 heterocycles. The lowest BCUT2D eigenvalue weighted by molar-refractivity contribution is -0.384. The van der Waals surface area contributed by atoms with Gasteiger partial charge >= 0.3 is 6.18 Å². The fraction of sp³-hybridized carbons (Fsp3) is 0.423. The number of halogens is 3. The first-order chi connectivity index (χ1) is 18.3. The highest BCUT2D eigenvalue weighted by Gasteiger charge is 2.71. The van der Waals surface area contributed by atoms with E-state index in [2.05, 4.69) is 0 Å². The van der Waals surface area contributed by atoms with E-state index in [0.717, 1.165) is 11.0 Å². The zero-order chi connectivity index (χ0) is 28.3. The molecular formula is C26H23F3N4O6. The number of ether oxygens (including phenoxy) is 2. The summed E-state index contributed by atoms with van der Waals surface area (Å²) < 4.78 is 52.6. The van der Waals surface area contributed by atoms with Crippen molar-refractivity contribution in [3.8, 4) is 11.8 Å². The molecule has 204 valence electrons. The Labute approximate surface area is 220 Å². The van der Waals surface area contributed by atoms with Gasteiger partial charge in [-0.2, -0.15) is 18.4 Å². The van der Waals surface area contributed by atoms with Gasteiger partial charge in [-0.15, -0.1) is 0 Å². The number of benzene rings is 2. The van der Waals surface area contributed by atoms with Crippen molar-refractivity contribution < 1.29 is 37.2 Å². The molecule has 2 aromatic carbocycles. The fourth-order valence-electron chi connectivity index (χ4n) is 6.14. The number of rotatable bonds is 6. The van der Waals surface area contributed by atoms with Crippen LogP contribution >= 0.6 is 0 Å². The number of hydrogen-bond donors (Lipinski definition) is 0. The summed E-state index contributed by atoms with van der Waals surface area (Å²) in [4.78, 5) is 40.2. The topological polar surface area (TPSA) is 126 Å². The van der Waals surface area contributed by atoms with E-state index in [9.17, 15) is 32.9 Å². The molecule has 0 N–H and O–H groups in total. The van der Waals surface area contributed by atoms with Crippen molar-refractivity contribution in [2.24, 2.45) is 11.8 Å².